The Labute approximate surface area is 140 Å². The fraction of sp³-hybridized carbons (Fsp3) is 0.500. The molecule has 6 heteroatoms. The third-order valence-corrected chi connectivity index (χ3v) is 5.47. The molecule has 0 amide bonds. The Hall–Kier alpha value is -2.21. The van der Waals surface area contributed by atoms with Crippen LogP contribution in [0.15, 0.2) is 24.7 Å². The molecule has 3 aromatic rings. The van der Waals surface area contributed by atoms with Gasteiger partial charge in [-0.2, -0.15) is 10.2 Å². The Morgan fingerprint density at radius 2 is 2.08 bits per heavy atom. The minimum absolute atomic E-state index is 0.290. The van der Waals surface area contributed by atoms with Gasteiger partial charge in [-0.25, -0.2) is 0 Å². The molecule has 2 fully saturated rings. The average Bonchev–Trinajstić information content (AvgIpc) is 3.21. The lowest BCUT2D eigenvalue weighted by atomic mass is 9.81. The maximum Gasteiger partial charge on any atom is 0.0758 e. The van der Waals surface area contributed by atoms with Gasteiger partial charge in [-0.15, -0.1) is 0 Å². The molecular formula is C18H21N5O. The fourth-order valence-corrected chi connectivity index (χ4v) is 3.71. The summed E-state index contributed by atoms with van der Waals surface area (Å²) in [5, 5.41) is 19.5. The van der Waals surface area contributed by atoms with E-state index >= 15 is 0 Å². The molecule has 2 aliphatic carbocycles. The van der Waals surface area contributed by atoms with Gasteiger partial charge < -0.3 is 5.11 Å². The first-order valence-corrected chi connectivity index (χ1v) is 8.71. The average molecular weight is 323 g/mol. The van der Waals surface area contributed by atoms with Crippen LogP contribution in [-0.4, -0.2) is 36.3 Å². The standard InChI is InChI=1S/C18H21N5O/c1-22-17-6-16(19-7-13(17)8-20-22)15-9-23(14-4-11(5-14)10-24)21-18(15)12-2-3-12/h6-9,11-12,14,24H,2-5,10H2,1H3/t11-,14-. The summed E-state index contributed by atoms with van der Waals surface area (Å²) in [6, 6.07) is 2.54. The number of aryl methyl sites for hydroxylation is 1. The number of nitrogens with zero attached hydrogens (tertiary/aromatic N) is 5. The zero-order valence-corrected chi connectivity index (χ0v) is 13.8. The molecule has 0 radical (unpaired) electrons. The lowest BCUT2D eigenvalue weighted by Gasteiger charge is -2.34. The number of aliphatic hydroxyl groups excluding tert-OH is 1. The van der Waals surface area contributed by atoms with E-state index in [0.29, 0.717) is 24.5 Å². The minimum atomic E-state index is 0.290. The summed E-state index contributed by atoms with van der Waals surface area (Å²) in [6.07, 6.45) is 10.4. The monoisotopic (exact) mass is 323 g/mol. The molecule has 24 heavy (non-hydrogen) atoms. The van der Waals surface area contributed by atoms with Crippen molar-refractivity contribution in [3.8, 4) is 11.3 Å². The molecule has 0 unspecified atom stereocenters. The molecule has 3 heterocycles. The van der Waals surface area contributed by atoms with Gasteiger partial charge >= 0.3 is 0 Å². The number of rotatable bonds is 4. The van der Waals surface area contributed by atoms with E-state index in [9.17, 15) is 5.11 Å². The lowest BCUT2D eigenvalue weighted by molar-refractivity contribution is 0.105. The van der Waals surface area contributed by atoms with Gasteiger partial charge in [0.2, 0.25) is 0 Å². The second kappa shape index (κ2) is 5.14. The fourth-order valence-electron chi connectivity index (χ4n) is 3.71. The molecule has 0 aromatic carbocycles. The molecule has 124 valence electrons. The molecule has 2 saturated carbocycles. The van der Waals surface area contributed by atoms with Crippen LogP contribution < -0.4 is 0 Å². The van der Waals surface area contributed by atoms with Crippen LogP contribution in [-0.2, 0) is 7.05 Å². The quantitative estimate of drug-likeness (QED) is 0.801. The van der Waals surface area contributed by atoms with Crippen LogP contribution in [0.2, 0.25) is 0 Å². The van der Waals surface area contributed by atoms with Gasteiger partial charge in [-0.05, 0) is 37.7 Å². The second-order valence-corrected chi connectivity index (χ2v) is 7.25. The van der Waals surface area contributed by atoms with E-state index in [0.717, 1.165) is 35.0 Å². The number of pyridine rings is 1. The third kappa shape index (κ3) is 2.17. The maximum atomic E-state index is 9.25. The summed E-state index contributed by atoms with van der Waals surface area (Å²) >= 11 is 0. The van der Waals surface area contributed by atoms with Crippen LogP contribution in [0.5, 0.6) is 0 Å². The normalized spacial score (nSPS) is 23.6. The van der Waals surface area contributed by atoms with Gasteiger partial charge in [0, 0.05) is 42.9 Å². The first-order chi connectivity index (χ1) is 11.7. The molecule has 1 N–H and O–H groups in total. The van der Waals surface area contributed by atoms with Crippen molar-refractivity contribution >= 4 is 10.9 Å². The summed E-state index contributed by atoms with van der Waals surface area (Å²) in [5.74, 6) is 1.02. The lowest BCUT2D eigenvalue weighted by Crippen LogP contribution is -2.29. The Balaban J connectivity index is 1.55. The van der Waals surface area contributed by atoms with Crippen molar-refractivity contribution < 1.29 is 5.11 Å². The Morgan fingerprint density at radius 1 is 1.25 bits per heavy atom. The van der Waals surface area contributed by atoms with E-state index in [1.165, 1.54) is 18.5 Å². The van der Waals surface area contributed by atoms with Gasteiger partial charge in [-0.3, -0.25) is 14.3 Å². The number of hydrogen-bond acceptors (Lipinski definition) is 4. The number of fused-ring (bicyclic) bond motifs is 1. The van der Waals surface area contributed by atoms with Crippen LogP contribution in [0.1, 0.15) is 43.3 Å². The van der Waals surface area contributed by atoms with Gasteiger partial charge in [-0.1, -0.05) is 0 Å². The van der Waals surface area contributed by atoms with Crippen LogP contribution in [0.4, 0.5) is 0 Å². The van der Waals surface area contributed by atoms with Crippen molar-refractivity contribution in [2.45, 2.75) is 37.6 Å². The van der Waals surface area contributed by atoms with E-state index in [1.54, 1.807) is 0 Å². The minimum Gasteiger partial charge on any atom is -0.396 e. The highest BCUT2D eigenvalue weighted by Crippen LogP contribution is 2.45. The predicted octanol–water partition coefficient (Wildman–Crippen LogP) is 2.65. The molecular weight excluding hydrogens is 302 g/mol. The van der Waals surface area contributed by atoms with Crippen molar-refractivity contribution in [2.75, 3.05) is 6.61 Å². The van der Waals surface area contributed by atoms with E-state index in [4.69, 9.17) is 5.10 Å². The maximum absolute atomic E-state index is 9.25. The van der Waals surface area contributed by atoms with Crippen LogP contribution >= 0.6 is 0 Å². The van der Waals surface area contributed by atoms with Crippen molar-refractivity contribution in [3.05, 3.63) is 30.4 Å². The van der Waals surface area contributed by atoms with Crippen molar-refractivity contribution in [1.29, 1.82) is 0 Å². The van der Waals surface area contributed by atoms with E-state index in [-0.39, 0.29) is 0 Å². The second-order valence-electron chi connectivity index (χ2n) is 7.25. The summed E-state index contributed by atoms with van der Waals surface area (Å²) in [6.45, 7) is 0.290. The highest BCUT2D eigenvalue weighted by molar-refractivity contribution is 5.82. The largest absolute Gasteiger partial charge is 0.396 e. The summed E-state index contributed by atoms with van der Waals surface area (Å²) in [7, 11) is 1.96. The number of hydrogen-bond donors (Lipinski definition) is 1. The van der Waals surface area contributed by atoms with Gasteiger partial charge in [0.05, 0.1) is 29.1 Å². The van der Waals surface area contributed by atoms with Gasteiger partial charge in [0.25, 0.3) is 0 Å². The Kier molecular flexibility index (Phi) is 3.03. The zero-order chi connectivity index (χ0) is 16.3. The van der Waals surface area contributed by atoms with Gasteiger partial charge in [0.15, 0.2) is 0 Å². The van der Waals surface area contributed by atoms with Gasteiger partial charge in [0.1, 0.15) is 0 Å². The summed E-state index contributed by atoms with van der Waals surface area (Å²) in [4.78, 5) is 4.66. The highest BCUT2D eigenvalue weighted by Gasteiger charge is 2.34. The van der Waals surface area contributed by atoms with E-state index in [2.05, 4.69) is 27.0 Å². The summed E-state index contributed by atoms with van der Waals surface area (Å²) < 4.78 is 4.00. The van der Waals surface area contributed by atoms with E-state index < -0.39 is 0 Å². The molecule has 0 atom stereocenters. The highest BCUT2D eigenvalue weighted by atomic mass is 16.3. The first kappa shape index (κ1) is 14.2. The Morgan fingerprint density at radius 3 is 2.83 bits per heavy atom. The molecule has 5 rings (SSSR count). The smallest absolute Gasteiger partial charge is 0.0758 e. The first-order valence-electron chi connectivity index (χ1n) is 8.71. The molecule has 2 aliphatic rings. The molecule has 0 aliphatic heterocycles. The van der Waals surface area contributed by atoms with Crippen LogP contribution in [0, 0.1) is 5.92 Å². The van der Waals surface area contributed by atoms with Crippen LogP contribution in [0.25, 0.3) is 22.2 Å². The van der Waals surface area contributed by atoms with E-state index in [1.807, 2.05) is 24.1 Å². The SMILES string of the molecule is Cn1ncc2cnc(-c3cn([C@H]4C[C@H](CO)C4)nc3C3CC3)cc21. The van der Waals surface area contributed by atoms with Crippen LogP contribution in [0.3, 0.4) is 0 Å². The zero-order valence-electron chi connectivity index (χ0n) is 13.8. The Bertz CT molecular complexity index is 901. The molecule has 0 spiro atoms. The molecule has 6 nitrogen and oxygen atoms in total. The number of aliphatic hydroxyl groups is 1. The molecule has 3 aromatic heterocycles. The summed E-state index contributed by atoms with van der Waals surface area (Å²) in [5.41, 5.74) is 4.43. The third-order valence-electron chi connectivity index (χ3n) is 5.47. The van der Waals surface area contributed by atoms with Crippen molar-refractivity contribution in [2.24, 2.45) is 13.0 Å². The topological polar surface area (TPSA) is 68.8 Å². The number of aromatic nitrogens is 5. The van der Waals surface area contributed by atoms with Crippen molar-refractivity contribution in [1.82, 2.24) is 24.5 Å². The predicted molar refractivity (Wildman–Crippen MR) is 90.6 cm³/mol. The molecule has 0 saturated heterocycles. The van der Waals surface area contributed by atoms with Crippen molar-refractivity contribution in [3.63, 3.8) is 0 Å². The molecule has 0 bridgehead atoms.